The normalized spacial score (nSPS) is 20.1. The molecule has 0 spiro atoms. The van der Waals surface area contributed by atoms with Crippen LogP contribution in [-0.2, 0) is 7.05 Å². The van der Waals surface area contributed by atoms with Gasteiger partial charge in [0.25, 0.3) is 5.91 Å². The van der Waals surface area contributed by atoms with Crippen molar-refractivity contribution in [2.24, 2.45) is 7.05 Å². The molecule has 5 heteroatoms. The second-order valence-electron chi connectivity index (χ2n) is 4.22. The lowest BCUT2D eigenvalue weighted by Crippen LogP contribution is -2.39. The molecule has 16 heavy (non-hydrogen) atoms. The number of aromatic nitrogens is 1. The monoisotopic (exact) mass is 285 g/mol. The fourth-order valence-corrected chi connectivity index (χ4v) is 2.58. The van der Waals surface area contributed by atoms with Crippen molar-refractivity contribution in [2.75, 3.05) is 20.1 Å². The van der Waals surface area contributed by atoms with Gasteiger partial charge in [0, 0.05) is 37.4 Å². The highest BCUT2D eigenvalue weighted by atomic mass is 79.9. The zero-order valence-electron chi connectivity index (χ0n) is 9.53. The van der Waals surface area contributed by atoms with Crippen LogP contribution in [0.15, 0.2) is 16.7 Å². The topological polar surface area (TPSA) is 37.3 Å². The fourth-order valence-electron chi connectivity index (χ4n) is 2.05. The van der Waals surface area contributed by atoms with E-state index < -0.39 is 0 Å². The van der Waals surface area contributed by atoms with Gasteiger partial charge in [-0.05, 0) is 35.0 Å². The van der Waals surface area contributed by atoms with Crippen molar-refractivity contribution >= 4 is 21.8 Å². The molecule has 1 aliphatic heterocycles. The summed E-state index contributed by atoms with van der Waals surface area (Å²) in [6.45, 7) is 1.90. The van der Waals surface area contributed by atoms with Crippen LogP contribution in [0.25, 0.3) is 0 Å². The number of nitrogens with zero attached hydrogens (tertiary/aromatic N) is 2. The third kappa shape index (κ3) is 2.15. The molecule has 1 aromatic rings. The number of aryl methyl sites for hydroxylation is 1. The van der Waals surface area contributed by atoms with E-state index in [1.807, 2.05) is 35.8 Å². The van der Waals surface area contributed by atoms with Gasteiger partial charge in [-0.2, -0.15) is 0 Å². The zero-order valence-corrected chi connectivity index (χ0v) is 11.1. The van der Waals surface area contributed by atoms with Crippen LogP contribution in [0, 0.1) is 0 Å². The van der Waals surface area contributed by atoms with Crippen LogP contribution in [0.3, 0.4) is 0 Å². The lowest BCUT2D eigenvalue weighted by Gasteiger charge is -2.23. The van der Waals surface area contributed by atoms with E-state index in [2.05, 4.69) is 21.2 Å². The third-order valence-electron chi connectivity index (χ3n) is 3.09. The van der Waals surface area contributed by atoms with Gasteiger partial charge in [0.2, 0.25) is 0 Å². The Kier molecular flexibility index (Phi) is 3.35. The van der Waals surface area contributed by atoms with E-state index in [4.69, 9.17) is 0 Å². The van der Waals surface area contributed by atoms with Crippen LogP contribution in [0.5, 0.6) is 0 Å². The predicted octanol–water partition coefficient (Wildman–Crippen LogP) is 1.22. The van der Waals surface area contributed by atoms with Crippen LogP contribution in [-0.4, -0.2) is 41.6 Å². The largest absolute Gasteiger partial charge is 0.345 e. The van der Waals surface area contributed by atoms with E-state index in [-0.39, 0.29) is 5.91 Å². The second-order valence-corrected chi connectivity index (χ2v) is 5.13. The Morgan fingerprint density at radius 1 is 1.69 bits per heavy atom. The van der Waals surface area contributed by atoms with Crippen molar-refractivity contribution in [3.05, 3.63) is 22.4 Å². The van der Waals surface area contributed by atoms with E-state index in [9.17, 15) is 4.79 Å². The van der Waals surface area contributed by atoms with Gasteiger partial charge in [-0.15, -0.1) is 0 Å². The summed E-state index contributed by atoms with van der Waals surface area (Å²) >= 11 is 3.38. The molecule has 1 fully saturated rings. The lowest BCUT2D eigenvalue weighted by atomic mass is 10.2. The first-order valence-electron chi connectivity index (χ1n) is 5.39. The molecule has 0 bridgehead atoms. The van der Waals surface area contributed by atoms with E-state index >= 15 is 0 Å². The van der Waals surface area contributed by atoms with Crippen molar-refractivity contribution in [3.8, 4) is 0 Å². The summed E-state index contributed by atoms with van der Waals surface area (Å²) in [6.07, 6.45) is 2.93. The first-order valence-corrected chi connectivity index (χ1v) is 6.18. The maximum Gasteiger partial charge on any atom is 0.270 e. The van der Waals surface area contributed by atoms with Crippen LogP contribution in [0.1, 0.15) is 16.9 Å². The Balaban J connectivity index is 2.14. The van der Waals surface area contributed by atoms with Crippen molar-refractivity contribution in [3.63, 3.8) is 0 Å². The summed E-state index contributed by atoms with van der Waals surface area (Å²) in [5.74, 6) is 0.0851. The molecule has 1 aromatic heterocycles. The number of amides is 1. The van der Waals surface area contributed by atoms with Gasteiger partial charge in [-0.3, -0.25) is 4.79 Å². The molecule has 1 N–H and O–H groups in total. The highest BCUT2D eigenvalue weighted by Gasteiger charge is 2.25. The summed E-state index contributed by atoms with van der Waals surface area (Å²) in [6, 6.07) is 2.18. The van der Waals surface area contributed by atoms with Gasteiger partial charge in [0.05, 0.1) is 0 Å². The summed E-state index contributed by atoms with van der Waals surface area (Å²) in [7, 11) is 3.76. The maximum atomic E-state index is 12.2. The number of carbonyl (C=O) groups is 1. The highest BCUT2D eigenvalue weighted by molar-refractivity contribution is 9.10. The van der Waals surface area contributed by atoms with Crippen molar-refractivity contribution < 1.29 is 4.79 Å². The summed E-state index contributed by atoms with van der Waals surface area (Å²) in [4.78, 5) is 14.1. The molecule has 0 radical (unpaired) electrons. The molecule has 0 saturated carbocycles. The second kappa shape index (κ2) is 4.59. The number of hydrogen-bond donors (Lipinski definition) is 1. The molecule has 0 aromatic carbocycles. The zero-order chi connectivity index (χ0) is 11.7. The molecular weight excluding hydrogens is 270 g/mol. The maximum absolute atomic E-state index is 12.2. The fraction of sp³-hybridized carbons (Fsp3) is 0.545. The smallest absolute Gasteiger partial charge is 0.270 e. The highest BCUT2D eigenvalue weighted by Crippen LogP contribution is 2.17. The van der Waals surface area contributed by atoms with Gasteiger partial charge in [0.15, 0.2) is 0 Å². The quantitative estimate of drug-likeness (QED) is 0.887. The molecule has 1 unspecified atom stereocenters. The van der Waals surface area contributed by atoms with Gasteiger partial charge in [-0.1, -0.05) is 0 Å². The number of likely N-dealkylation sites (N-methyl/N-ethyl adjacent to an activating group) is 1. The summed E-state index contributed by atoms with van der Waals surface area (Å²) in [5, 5.41) is 3.27. The lowest BCUT2D eigenvalue weighted by molar-refractivity contribution is 0.0734. The van der Waals surface area contributed by atoms with E-state index in [1.165, 1.54) is 0 Å². The molecule has 2 rings (SSSR count). The summed E-state index contributed by atoms with van der Waals surface area (Å²) < 4.78 is 2.79. The number of carbonyl (C=O) groups excluding carboxylic acids is 1. The minimum atomic E-state index is 0.0851. The number of halogens is 1. The average Bonchev–Trinajstić information content (AvgIpc) is 2.85. The van der Waals surface area contributed by atoms with Crippen LogP contribution in [0.2, 0.25) is 0 Å². The molecule has 1 aliphatic rings. The number of hydrogen-bond acceptors (Lipinski definition) is 2. The van der Waals surface area contributed by atoms with E-state index in [0.717, 1.165) is 29.7 Å². The minimum absolute atomic E-state index is 0.0851. The Morgan fingerprint density at radius 3 is 2.94 bits per heavy atom. The first kappa shape index (κ1) is 11.7. The van der Waals surface area contributed by atoms with Gasteiger partial charge < -0.3 is 14.8 Å². The first-order chi connectivity index (χ1) is 7.59. The van der Waals surface area contributed by atoms with Crippen molar-refractivity contribution in [2.45, 2.75) is 12.5 Å². The van der Waals surface area contributed by atoms with E-state index in [1.54, 1.807) is 0 Å². The minimum Gasteiger partial charge on any atom is -0.345 e. The standard InChI is InChI=1S/C11H16BrN3O/c1-14-7-8(12)5-10(14)11(16)15(2)9-3-4-13-6-9/h5,7,9,13H,3-4,6H2,1-2H3. The Bertz CT molecular complexity index is 396. The number of nitrogens with one attached hydrogen (secondary N) is 1. The average molecular weight is 286 g/mol. The molecular formula is C11H16BrN3O. The van der Waals surface area contributed by atoms with Crippen LogP contribution < -0.4 is 5.32 Å². The van der Waals surface area contributed by atoms with Crippen LogP contribution >= 0.6 is 15.9 Å². The molecule has 1 saturated heterocycles. The molecule has 2 heterocycles. The Morgan fingerprint density at radius 2 is 2.44 bits per heavy atom. The van der Waals surface area contributed by atoms with Crippen LogP contribution in [0.4, 0.5) is 0 Å². The number of rotatable bonds is 2. The Hall–Kier alpha value is -0.810. The molecule has 1 amide bonds. The van der Waals surface area contributed by atoms with Gasteiger partial charge >= 0.3 is 0 Å². The third-order valence-corrected chi connectivity index (χ3v) is 3.53. The van der Waals surface area contributed by atoms with Crippen molar-refractivity contribution in [1.82, 2.24) is 14.8 Å². The predicted molar refractivity (Wildman–Crippen MR) is 66.5 cm³/mol. The van der Waals surface area contributed by atoms with E-state index in [0.29, 0.717) is 6.04 Å². The van der Waals surface area contributed by atoms with Gasteiger partial charge in [-0.25, -0.2) is 0 Å². The Labute approximate surface area is 104 Å². The molecule has 4 nitrogen and oxygen atoms in total. The SMILES string of the molecule is CN(C(=O)c1cc(Br)cn1C)C1CCNC1. The summed E-state index contributed by atoms with van der Waals surface area (Å²) in [5.41, 5.74) is 0.723. The molecule has 0 aliphatic carbocycles. The molecule has 1 atom stereocenters. The molecule has 88 valence electrons. The van der Waals surface area contributed by atoms with Crippen molar-refractivity contribution in [1.29, 1.82) is 0 Å². The van der Waals surface area contributed by atoms with Gasteiger partial charge in [0.1, 0.15) is 5.69 Å².